The predicted octanol–water partition coefficient (Wildman–Crippen LogP) is 4.84. The Kier molecular flexibility index (Phi) is 5.21. The van der Waals surface area contributed by atoms with E-state index < -0.39 is 0 Å². The van der Waals surface area contributed by atoms with Crippen molar-refractivity contribution in [3.63, 3.8) is 0 Å². The minimum absolute atomic E-state index is 0.0840. The van der Waals surface area contributed by atoms with Gasteiger partial charge in [0, 0.05) is 31.2 Å². The third-order valence-electron chi connectivity index (χ3n) is 6.85. The monoisotopic (exact) mass is 474 g/mol. The van der Waals surface area contributed by atoms with Gasteiger partial charge in [-0.25, -0.2) is 8.78 Å². The van der Waals surface area contributed by atoms with Gasteiger partial charge in [-0.3, -0.25) is 9.30 Å². The fourth-order valence-electron chi connectivity index (χ4n) is 5.15. The van der Waals surface area contributed by atoms with Gasteiger partial charge in [0.05, 0.1) is 17.8 Å². The highest BCUT2D eigenvalue weighted by Crippen LogP contribution is 2.36. The zero-order valence-electron chi connectivity index (χ0n) is 19.3. The molecule has 35 heavy (non-hydrogen) atoms. The van der Waals surface area contributed by atoms with E-state index in [1.165, 1.54) is 24.3 Å². The minimum Gasteiger partial charge on any atom is -0.459 e. The molecule has 7 nitrogen and oxygen atoms in total. The van der Waals surface area contributed by atoms with Crippen LogP contribution < -0.4 is 4.90 Å². The van der Waals surface area contributed by atoms with Gasteiger partial charge in [-0.15, -0.1) is 10.2 Å². The molecule has 9 heteroatoms. The third kappa shape index (κ3) is 3.72. The number of aromatic nitrogens is 4. The second-order valence-electron chi connectivity index (χ2n) is 9.12. The van der Waals surface area contributed by atoms with E-state index >= 15 is 0 Å². The Balaban J connectivity index is 1.38. The number of hydrogen-bond acceptors (Lipinski definition) is 6. The lowest BCUT2D eigenvalue weighted by Crippen LogP contribution is -2.57. The first kappa shape index (κ1) is 21.7. The lowest BCUT2D eigenvalue weighted by Gasteiger charge is -2.48. The zero-order chi connectivity index (χ0) is 24.1. The minimum atomic E-state index is -0.282. The van der Waals surface area contributed by atoms with E-state index in [1.807, 2.05) is 10.5 Å². The fraction of sp³-hybridized carbons (Fsp3) is 0.269. The maximum atomic E-state index is 13.7. The van der Waals surface area contributed by atoms with Crippen molar-refractivity contribution in [2.45, 2.75) is 32.0 Å². The Morgan fingerprint density at radius 2 is 1.54 bits per heavy atom. The van der Waals surface area contributed by atoms with Gasteiger partial charge in [-0.1, -0.05) is 24.3 Å². The Hall–Kier alpha value is -3.85. The standard InChI is InChI=1S/C26H24F2N6O/c1-16-14-33(25-24-22(11-12-35-24)34-15-29-31-26(34)30-25)17(2)13-32(16)23(18-3-7-20(27)8-4-18)19-5-9-21(28)10-6-19/h3-12,15-17,23H,13-14H2,1-2H3/t16-,17+/m1/s1. The maximum Gasteiger partial charge on any atom is 0.257 e. The summed E-state index contributed by atoms with van der Waals surface area (Å²) in [6.45, 7) is 5.71. The number of benzene rings is 2. The van der Waals surface area contributed by atoms with Gasteiger partial charge in [0.2, 0.25) is 0 Å². The topological polar surface area (TPSA) is 62.7 Å². The van der Waals surface area contributed by atoms with Crippen LogP contribution in [0.1, 0.15) is 31.0 Å². The van der Waals surface area contributed by atoms with Crippen LogP contribution in [-0.4, -0.2) is 49.7 Å². The van der Waals surface area contributed by atoms with Gasteiger partial charge in [-0.2, -0.15) is 4.98 Å². The first-order chi connectivity index (χ1) is 17.0. The fourth-order valence-corrected chi connectivity index (χ4v) is 5.15. The highest BCUT2D eigenvalue weighted by molar-refractivity contribution is 5.86. The van der Waals surface area contributed by atoms with E-state index in [9.17, 15) is 8.78 Å². The summed E-state index contributed by atoms with van der Waals surface area (Å²) in [5.41, 5.74) is 3.48. The van der Waals surface area contributed by atoms with Crippen molar-refractivity contribution in [1.82, 2.24) is 24.5 Å². The van der Waals surface area contributed by atoms with Crippen LogP contribution in [-0.2, 0) is 0 Å². The molecule has 0 aliphatic carbocycles. The Bertz CT molecular complexity index is 1430. The zero-order valence-corrected chi connectivity index (χ0v) is 19.3. The van der Waals surface area contributed by atoms with E-state index in [0.717, 1.165) is 22.5 Å². The molecule has 0 spiro atoms. The second kappa shape index (κ2) is 8.42. The van der Waals surface area contributed by atoms with Gasteiger partial charge >= 0.3 is 0 Å². The molecule has 4 heterocycles. The molecule has 0 N–H and O–H groups in total. The molecule has 2 atom stereocenters. The normalized spacial score (nSPS) is 19.3. The van der Waals surface area contributed by atoms with Crippen LogP contribution in [0.25, 0.3) is 16.9 Å². The summed E-state index contributed by atoms with van der Waals surface area (Å²) >= 11 is 0. The molecule has 3 aromatic heterocycles. The van der Waals surface area contributed by atoms with Crippen LogP contribution in [0.2, 0.25) is 0 Å². The summed E-state index contributed by atoms with van der Waals surface area (Å²) in [6.07, 6.45) is 3.28. The molecular formula is C26H24F2N6O. The van der Waals surface area contributed by atoms with Crippen molar-refractivity contribution in [3.8, 4) is 0 Å². The van der Waals surface area contributed by atoms with Crippen LogP contribution in [0, 0.1) is 11.6 Å². The number of hydrogen-bond donors (Lipinski definition) is 0. The van der Waals surface area contributed by atoms with Crippen LogP contribution in [0.15, 0.2) is 71.6 Å². The predicted molar refractivity (Wildman–Crippen MR) is 128 cm³/mol. The summed E-state index contributed by atoms with van der Waals surface area (Å²) in [5, 5.41) is 8.14. The summed E-state index contributed by atoms with van der Waals surface area (Å²) in [4.78, 5) is 9.40. The molecule has 1 aliphatic heterocycles. The van der Waals surface area contributed by atoms with Crippen molar-refractivity contribution in [1.29, 1.82) is 0 Å². The van der Waals surface area contributed by atoms with E-state index in [0.29, 0.717) is 24.5 Å². The van der Waals surface area contributed by atoms with E-state index in [4.69, 9.17) is 9.40 Å². The molecule has 178 valence electrons. The van der Waals surface area contributed by atoms with E-state index in [2.05, 4.69) is 33.8 Å². The van der Waals surface area contributed by atoms with E-state index in [1.54, 1.807) is 36.9 Å². The molecular weight excluding hydrogens is 450 g/mol. The van der Waals surface area contributed by atoms with Crippen LogP contribution in [0.4, 0.5) is 14.6 Å². The van der Waals surface area contributed by atoms with Crippen molar-refractivity contribution in [3.05, 3.63) is 89.9 Å². The van der Waals surface area contributed by atoms with Crippen LogP contribution >= 0.6 is 0 Å². The van der Waals surface area contributed by atoms with Crippen LogP contribution in [0.3, 0.4) is 0 Å². The number of fused-ring (bicyclic) bond motifs is 3. The Morgan fingerprint density at radius 3 is 2.20 bits per heavy atom. The number of anilines is 1. The summed E-state index contributed by atoms with van der Waals surface area (Å²) in [5.74, 6) is 0.696. The molecule has 2 aromatic carbocycles. The quantitative estimate of drug-likeness (QED) is 0.372. The highest BCUT2D eigenvalue weighted by atomic mass is 19.1. The molecule has 5 aromatic rings. The molecule has 0 saturated carbocycles. The van der Waals surface area contributed by atoms with Crippen molar-refractivity contribution >= 4 is 22.7 Å². The third-order valence-corrected chi connectivity index (χ3v) is 6.85. The van der Waals surface area contributed by atoms with Gasteiger partial charge < -0.3 is 9.32 Å². The number of nitrogens with zero attached hydrogens (tertiary/aromatic N) is 6. The molecule has 1 saturated heterocycles. The molecule has 6 rings (SSSR count). The van der Waals surface area contributed by atoms with Gasteiger partial charge in [0.15, 0.2) is 11.4 Å². The molecule has 1 fully saturated rings. The first-order valence-electron chi connectivity index (χ1n) is 11.6. The van der Waals surface area contributed by atoms with Gasteiger partial charge in [0.25, 0.3) is 5.78 Å². The van der Waals surface area contributed by atoms with Gasteiger partial charge in [-0.05, 0) is 49.2 Å². The smallest absolute Gasteiger partial charge is 0.257 e. The Labute approximate surface area is 200 Å². The number of halogens is 2. The van der Waals surface area contributed by atoms with Crippen LogP contribution in [0.5, 0.6) is 0 Å². The summed E-state index contributed by atoms with van der Waals surface area (Å²) < 4.78 is 35.1. The average Bonchev–Trinajstić information content (AvgIpc) is 3.52. The van der Waals surface area contributed by atoms with Gasteiger partial charge in [0.1, 0.15) is 18.0 Å². The molecule has 0 bridgehead atoms. The Morgan fingerprint density at radius 1 is 0.886 bits per heavy atom. The van der Waals surface area contributed by atoms with Crippen molar-refractivity contribution in [2.75, 3.05) is 18.0 Å². The molecule has 1 aliphatic rings. The SMILES string of the molecule is C[C@@H]1CN(c2nc3nncn3c3ccoc23)[C@@H](C)CN1C(c1ccc(F)cc1)c1ccc(F)cc1. The van der Waals surface area contributed by atoms with E-state index in [-0.39, 0.29) is 29.8 Å². The lowest BCUT2D eigenvalue weighted by molar-refractivity contribution is 0.129. The number of piperazine rings is 1. The highest BCUT2D eigenvalue weighted by Gasteiger charge is 2.36. The second-order valence-corrected chi connectivity index (χ2v) is 9.12. The summed E-state index contributed by atoms with van der Waals surface area (Å²) in [6, 6.07) is 15.0. The van der Waals surface area contributed by atoms with Crippen molar-refractivity contribution < 1.29 is 13.2 Å². The molecule has 0 amide bonds. The number of furan rings is 1. The largest absolute Gasteiger partial charge is 0.459 e. The lowest BCUT2D eigenvalue weighted by atomic mass is 9.93. The van der Waals surface area contributed by atoms with Crippen molar-refractivity contribution in [2.24, 2.45) is 0 Å². The first-order valence-corrected chi connectivity index (χ1v) is 11.6. The molecule has 0 unspecified atom stereocenters. The number of rotatable bonds is 4. The summed E-state index contributed by atoms with van der Waals surface area (Å²) in [7, 11) is 0. The molecule has 0 radical (unpaired) electrons. The average molecular weight is 475 g/mol. The maximum absolute atomic E-state index is 13.7.